The maximum absolute atomic E-state index is 12.6. The fourth-order valence-corrected chi connectivity index (χ4v) is 1.11. The van der Waals surface area contributed by atoms with Crippen molar-refractivity contribution >= 4 is 0 Å². The minimum atomic E-state index is -0.722. The molecule has 0 N–H and O–H groups in total. The molecule has 0 spiro atoms. The van der Waals surface area contributed by atoms with E-state index in [2.05, 4.69) is 6.92 Å². The Morgan fingerprint density at radius 3 is 3.20 bits per heavy atom. The van der Waals surface area contributed by atoms with E-state index in [9.17, 15) is 4.39 Å². The van der Waals surface area contributed by atoms with Gasteiger partial charge in [0.15, 0.2) is 0 Å². The molecule has 1 atom stereocenters. The van der Waals surface area contributed by atoms with Gasteiger partial charge in [-0.15, -0.1) is 0 Å². The average Bonchev–Trinajstić information content (AvgIpc) is 2.14. The predicted octanol–water partition coefficient (Wildman–Crippen LogP) is 3.01. The minimum Gasteiger partial charge on any atom is -0.243 e. The van der Waals surface area contributed by atoms with Crippen LogP contribution in [0.2, 0.25) is 0 Å². The van der Waals surface area contributed by atoms with Crippen molar-refractivity contribution in [2.75, 3.05) is 0 Å². The van der Waals surface area contributed by atoms with Crippen LogP contribution >= 0.6 is 0 Å². The molecule has 56 valence electrons. The van der Waals surface area contributed by atoms with Crippen molar-refractivity contribution in [1.29, 1.82) is 0 Å². The summed E-state index contributed by atoms with van der Waals surface area (Å²) in [5.74, 6) is 0. The van der Waals surface area contributed by atoms with E-state index in [0.29, 0.717) is 6.42 Å². The molecule has 1 aliphatic carbocycles. The van der Waals surface area contributed by atoms with E-state index in [4.69, 9.17) is 0 Å². The molecule has 1 heteroatoms. The molecule has 0 aromatic rings. The second kappa shape index (κ2) is 3.55. The van der Waals surface area contributed by atoms with Crippen LogP contribution in [0.5, 0.6) is 0 Å². The van der Waals surface area contributed by atoms with E-state index in [0.717, 1.165) is 12.8 Å². The maximum Gasteiger partial charge on any atom is 0.119 e. The Morgan fingerprint density at radius 1 is 1.70 bits per heavy atom. The highest BCUT2D eigenvalue weighted by Gasteiger charge is 2.05. The van der Waals surface area contributed by atoms with E-state index in [-0.39, 0.29) is 0 Å². The number of allylic oxidation sites excluding steroid dienone is 4. The van der Waals surface area contributed by atoms with E-state index in [1.807, 2.05) is 12.2 Å². The standard InChI is InChI=1S/C9H13F/c1-2-8-4-3-5-9(10)7-6-8/h3-5,9H,2,6-7H2,1H3. The Morgan fingerprint density at radius 2 is 2.50 bits per heavy atom. The van der Waals surface area contributed by atoms with Gasteiger partial charge >= 0.3 is 0 Å². The zero-order valence-corrected chi connectivity index (χ0v) is 6.31. The largest absolute Gasteiger partial charge is 0.243 e. The smallest absolute Gasteiger partial charge is 0.119 e. The molecule has 0 bridgehead atoms. The molecule has 0 radical (unpaired) electrons. The summed E-state index contributed by atoms with van der Waals surface area (Å²) < 4.78 is 12.6. The third kappa shape index (κ3) is 1.98. The Balaban J connectivity index is 2.52. The van der Waals surface area contributed by atoms with Crippen LogP contribution in [-0.2, 0) is 0 Å². The Bertz CT molecular complexity index is 156. The second-order valence-electron chi connectivity index (χ2n) is 2.62. The molecule has 0 aromatic carbocycles. The first kappa shape index (κ1) is 7.52. The summed E-state index contributed by atoms with van der Waals surface area (Å²) in [4.78, 5) is 0. The molecule has 1 aliphatic rings. The first-order chi connectivity index (χ1) is 4.83. The number of hydrogen-bond acceptors (Lipinski definition) is 0. The summed E-state index contributed by atoms with van der Waals surface area (Å²) >= 11 is 0. The van der Waals surface area contributed by atoms with Crippen LogP contribution in [0.15, 0.2) is 23.8 Å². The van der Waals surface area contributed by atoms with Gasteiger partial charge in [-0.05, 0) is 19.3 Å². The Labute approximate surface area is 61.4 Å². The fraction of sp³-hybridized carbons (Fsp3) is 0.556. The summed E-state index contributed by atoms with van der Waals surface area (Å²) in [6, 6.07) is 0. The van der Waals surface area contributed by atoms with Crippen LogP contribution in [0.3, 0.4) is 0 Å². The first-order valence-corrected chi connectivity index (χ1v) is 3.83. The molecule has 0 aromatic heterocycles. The highest BCUT2D eigenvalue weighted by atomic mass is 19.1. The zero-order valence-electron chi connectivity index (χ0n) is 6.31. The zero-order chi connectivity index (χ0) is 7.40. The summed E-state index contributed by atoms with van der Waals surface area (Å²) in [5.41, 5.74) is 1.36. The molecule has 0 nitrogen and oxygen atoms in total. The lowest BCUT2D eigenvalue weighted by Crippen LogP contribution is -1.92. The molecular weight excluding hydrogens is 127 g/mol. The Hall–Kier alpha value is -0.590. The van der Waals surface area contributed by atoms with Crippen molar-refractivity contribution in [1.82, 2.24) is 0 Å². The van der Waals surface area contributed by atoms with Crippen molar-refractivity contribution in [3.63, 3.8) is 0 Å². The highest BCUT2D eigenvalue weighted by molar-refractivity contribution is 5.16. The van der Waals surface area contributed by atoms with E-state index < -0.39 is 6.17 Å². The molecule has 1 unspecified atom stereocenters. The average molecular weight is 140 g/mol. The van der Waals surface area contributed by atoms with Crippen LogP contribution < -0.4 is 0 Å². The Kier molecular flexibility index (Phi) is 2.67. The molecule has 0 saturated carbocycles. The number of hydrogen-bond donors (Lipinski definition) is 0. The van der Waals surface area contributed by atoms with Crippen LogP contribution in [0.1, 0.15) is 26.2 Å². The van der Waals surface area contributed by atoms with Gasteiger partial charge in [-0.25, -0.2) is 4.39 Å². The van der Waals surface area contributed by atoms with Gasteiger partial charge in [0.1, 0.15) is 6.17 Å². The molecule has 0 heterocycles. The number of alkyl halides is 1. The summed E-state index contributed by atoms with van der Waals surface area (Å²) in [7, 11) is 0. The fourth-order valence-electron chi connectivity index (χ4n) is 1.11. The SMILES string of the molecule is CCC1=CC=CC(F)CC1. The number of rotatable bonds is 1. The van der Waals surface area contributed by atoms with Gasteiger partial charge in [0.25, 0.3) is 0 Å². The molecule has 0 aliphatic heterocycles. The van der Waals surface area contributed by atoms with E-state index in [1.54, 1.807) is 6.08 Å². The maximum atomic E-state index is 12.6. The van der Waals surface area contributed by atoms with Gasteiger partial charge in [0.2, 0.25) is 0 Å². The van der Waals surface area contributed by atoms with Gasteiger partial charge in [0, 0.05) is 0 Å². The van der Waals surface area contributed by atoms with Gasteiger partial charge in [-0.2, -0.15) is 0 Å². The molecule has 10 heavy (non-hydrogen) atoms. The number of halogens is 1. The van der Waals surface area contributed by atoms with Crippen molar-refractivity contribution in [3.8, 4) is 0 Å². The molecule has 0 amide bonds. The molecule has 0 fully saturated rings. The van der Waals surface area contributed by atoms with Gasteiger partial charge in [0.05, 0.1) is 0 Å². The van der Waals surface area contributed by atoms with Crippen molar-refractivity contribution < 1.29 is 4.39 Å². The van der Waals surface area contributed by atoms with Gasteiger partial charge in [-0.3, -0.25) is 0 Å². The third-order valence-electron chi connectivity index (χ3n) is 1.85. The molecular formula is C9H13F. The van der Waals surface area contributed by atoms with Crippen molar-refractivity contribution in [2.24, 2.45) is 0 Å². The quantitative estimate of drug-likeness (QED) is 0.525. The van der Waals surface area contributed by atoms with Crippen LogP contribution in [0.25, 0.3) is 0 Å². The lowest BCUT2D eigenvalue weighted by molar-refractivity contribution is 0.379. The molecule has 1 rings (SSSR count). The summed E-state index contributed by atoms with van der Waals surface area (Å²) in [6.45, 7) is 2.11. The van der Waals surface area contributed by atoms with E-state index >= 15 is 0 Å². The topological polar surface area (TPSA) is 0 Å². The van der Waals surface area contributed by atoms with E-state index in [1.165, 1.54) is 5.57 Å². The first-order valence-electron chi connectivity index (χ1n) is 3.83. The lowest BCUT2D eigenvalue weighted by Gasteiger charge is -2.00. The molecule has 0 saturated heterocycles. The van der Waals surface area contributed by atoms with Crippen molar-refractivity contribution in [3.05, 3.63) is 23.8 Å². The van der Waals surface area contributed by atoms with Gasteiger partial charge in [-0.1, -0.05) is 30.7 Å². The normalized spacial score (nSPS) is 25.8. The van der Waals surface area contributed by atoms with Crippen LogP contribution in [0, 0.1) is 0 Å². The van der Waals surface area contributed by atoms with Gasteiger partial charge < -0.3 is 0 Å². The van der Waals surface area contributed by atoms with Crippen LogP contribution in [-0.4, -0.2) is 6.17 Å². The minimum absolute atomic E-state index is 0.663. The summed E-state index contributed by atoms with van der Waals surface area (Å²) in [5, 5.41) is 0. The third-order valence-corrected chi connectivity index (χ3v) is 1.85. The predicted molar refractivity (Wildman–Crippen MR) is 41.6 cm³/mol. The lowest BCUT2D eigenvalue weighted by atomic mass is 10.1. The van der Waals surface area contributed by atoms with Crippen LogP contribution in [0.4, 0.5) is 4.39 Å². The summed E-state index contributed by atoms with van der Waals surface area (Å²) in [6.07, 6.45) is 7.40. The highest BCUT2D eigenvalue weighted by Crippen LogP contribution is 2.17. The second-order valence-corrected chi connectivity index (χ2v) is 2.62. The monoisotopic (exact) mass is 140 g/mol. The van der Waals surface area contributed by atoms with Crippen molar-refractivity contribution in [2.45, 2.75) is 32.4 Å².